The Labute approximate surface area is 126 Å². The Morgan fingerprint density at radius 3 is 2.45 bits per heavy atom. The van der Waals surface area contributed by atoms with Crippen molar-refractivity contribution < 1.29 is 11.3 Å². The maximum absolute atomic E-state index is 8.21. The van der Waals surface area contributed by atoms with E-state index in [4.69, 9.17) is 11.3 Å². The maximum Gasteiger partial charge on any atom is 0.198 e. The number of rotatable bonds is 2. The summed E-state index contributed by atoms with van der Waals surface area (Å²) in [5.74, 6) is 0.102. The number of benzene rings is 2. The van der Waals surface area contributed by atoms with Gasteiger partial charge in [0.15, 0.2) is 5.88 Å². The Morgan fingerprint density at radius 1 is 1.05 bits per heavy atom. The zero-order valence-electron chi connectivity index (χ0n) is 16.7. The minimum Gasteiger partial charge on any atom is -0.440 e. The van der Waals surface area contributed by atoms with Crippen LogP contribution in [0.1, 0.15) is 33.2 Å². The van der Waals surface area contributed by atoms with Crippen molar-refractivity contribution in [2.24, 2.45) is 0 Å². The van der Waals surface area contributed by atoms with E-state index in [0.29, 0.717) is 0 Å². The second kappa shape index (κ2) is 4.71. The molecule has 0 amide bonds. The molecule has 0 saturated carbocycles. The summed E-state index contributed by atoms with van der Waals surface area (Å²) < 4.78 is 45.1. The molecule has 2 heteroatoms. The molecule has 2 aromatic carbocycles. The van der Waals surface area contributed by atoms with E-state index < -0.39 is 0 Å². The van der Waals surface area contributed by atoms with Crippen LogP contribution >= 0.6 is 0 Å². The quantitative estimate of drug-likeness (QED) is 0.667. The number of anilines is 2. The van der Waals surface area contributed by atoms with E-state index in [1.54, 1.807) is 0 Å². The summed E-state index contributed by atoms with van der Waals surface area (Å²) in [6.45, 7) is 6.37. The van der Waals surface area contributed by atoms with E-state index in [2.05, 4.69) is 26.1 Å². The van der Waals surface area contributed by atoms with E-state index in [9.17, 15) is 0 Å². The van der Waals surface area contributed by atoms with Crippen LogP contribution in [0, 0.1) is 0 Å². The number of hydrogen-bond acceptors (Lipinski definition) is 2. The van der Waals surface area contributed by atoms with Crippen molar-refractivity contribution in [3.8, 4) is 0 Å². The second-order valence-corrected chi connectivity index (χ2v) is 5.71. The van der Waals surface area contributed by atoms with Crippen LogP contribution < -0.4 is 5.32 Å². The van der Waals surface area contributed by atoms with Gasteiger partial charge in [0.1, 0.15) is 5.58 Å². The van der Waals surface area contributed by atoms with Crippen LogP contribution in [-0.4, -0.2) is 0 Å². The molecule has 1 heterocycles. The Morgan fingerprint density at radius 2 is 1.75 bits per heavy atom. The van der Waals surface area contributed by atoms with Crippen LogP contribution in [0.15, 0.2) is 58.9 Å². The summed E-state index contributed by atoms with van der Waals surface area (Å²) in [5, 5.41) is 3.07. The van der Waals surface area contributed by atoms with Crippen molar-refractivity contribution in [1.82, 2.24) is 0 Å². The molecule has 1 N–H and O–H groups in total. The van der Waals surface area contributed by atoms with Crippen molar-refractivity contribution in [3.05, 3.63) is 60.0 Å². The Bertz CT molecular complexity index is 955. The molecule has 0 aliphatic carbocycles. The normalized spacial score (nSPS) is 15.2. The number of nitrogens with one attached hydrogen (secondary N) is 1. The number of furan rings is 1. The van der Waals surface area contributed by atoms with E-state index in [1.165, 1.54) is 5.56 Å². The zero-order chi connectivity index (χ0) is 18.5. The van der Waals surface area contributed by atoms with Crippen molar-refractivity contribution in [2.75, 3.05) is 5.32 Å². The summed E-state index contributed by atoms with van der Waals surface area (Å²) in [4.78, 5) is 0. The summed E-state index contributed by atoms with van der Waals surface area (Å²) in [5.41, 5.74) is 1.92. The highest BCUT2D eigenvalue weighted by molar-refractivity contribution is 5.81. The largest absolute Gasteiger partial charge is 0.440 e. The molecule has 0 saturated heterocycles. The van der Waals surface area contributed by atoms with E-state index in [-0.39, 0.29) is 52.5 Å². The van der Waals surface area contributed by atoms with Gasteiger partial charge in [-0.2, -0.15) is 0 Å². The molecule has 0 bridgehead atoms. The molecule has 0 atom stereocenters. The fourth-order valence-corrected chi connectivity index (χ4v) is 1.95. The molecule has 20 heavy (non-hydrogen) atoms. The lowest BCUT2D eigenvalue weighted by atomic mass is 9.87. The summed E-state index contributed by atoms with van der Waals surface area (Å²) in [6.07, 6.45) is 0. The highest BCUT2D eigenvalue weighted by Gasteiger charge is 2.13. The Balaban J connectivity index is 2.04. The topological polar surface area (TPSA) is 25.2 Å². The number of hydrogen-bond donors (Lipinski definition) is 1. The van der Waals surface area contributed by atoms with Gasteiger partial charge in [0.2, 0.25) is 0 Å². The van der Waals surface area contributed by atoms with Crippen LogP contribution in [-0.2, 0) is 5.41 Å². The fourth-order valence-electron chi connectivity index (χ4n) is 1.95. The summed E-state index contributed by atoms with van der Waals surface area (Å²) in [7, 11) is 0. The molecular weight excluding hydrogens is 246 g/mol. The van der Waals surface area contributed by atoms with Crippen LogP contribution in [0.3, 0.4) is 0 Å². The molecule has 3 rings (SSSR count). The van der Waals surface area contributed by atoms with Gasteiger partial charge < -0.3 is 9.73 Å². The van der Waals surface area contributed by atoms with Crippen LogP contribution in [0.2, 0.25) is 0 Å². The molecule has 0 fully saturated rings. The standard InChI is InChI=1S/C18H19NO/c1-18(2,3)14-8-10-15(11-9-14)19-17-12-13-6-4-5-7-16(13)20-17/h4-12,19H,1-3H3/i4D,5D,6D,7D,12D. The van der Waals surface area contributed by atoms with Gasteiger partial charge in [-0.3, -0.25) is 0 Å². The molecular formula is C18H19NO. The first-order chi connectivity index (χ1) is 11.6. The van der Waals surface area contributed by atoms with Gasteiger partial charge in [-0.15, -0.1) is 0 Å². The molecule has 0 radical (unpaired) electrons. The molecule has 0 spiro atoms. The van der Waals surface area contributed by atoms with Gasteiger partial charge in [-0.25, -0.2) is 0 Å². The minimum absolute atomic E-state index is 0.00943. The summed E-state index contributed by atoms with van der Waals surface area (Å²) in [6, 6.07) is 6.38. The predicted molar refractivity (Wildman–Crippen MR) is 84.6 cm³/mol. The lowest BCUT2D eigenvalue weighted by molar-refractivity contribution is 0.590. The highest BCUT2D eigenvalue weighted by Crippen LogP contribution is 2.27. The van der Waals surface area contributed by atoms with Gasteiger partial charge in [0, 0.05) is 17.1 Å². The molecule has 102 valence electrons. The van der Waals surface area contributed by atoms with E-state index in [0.717, 1.165) is 5.69 Å². The minimum atomic E-state index is -0.368. The van der Waals surface area contributed by atoms with Gasteiger partial charge in [-0.05, 0) is 29.2 Å². The fraction of sp³-hybridized carbons (Fsp3) is 0.222. The first-order valence-electron chi connectivity index (χ1n) is 8.98. The highest BCUT2D eigenvalue weighted by atomic mass is 16.3. The number of para-hydroxylation sites is 1. The van der Waals surface area contributed by atoms with Crippen molar-refractivity contribution in [2.45, 2.75) is 26.2 Å². The monoisotopic (exact) mass is 270 g/mol. The average molecular weight is 270 g/mol. The maximum atomic E-state index is 8.21. The SMILES string of the molecule is [2H]c1c([2H])c([2H])c2c([2H])c(Nc3ccc(C(C)(C)C)cc3)oc2c1[2H]. The lowest BCUT2D eigenvalue weighted by Crippen LogP contribution is -2.10. The average Bonchev–Trinajstić information content (AvgIpc) is 2.87. The van der Waals surface area contributed by atoms with Gasteiger partial charge in [-0.1, -0.05) is 51.0 Å². The predicted octanol–water partition coefficient (Wildman–Crippen LogP) is 5.47. The van der Waals surface area contributed by atoms with Gasteiger partial charge in [0.05, 0.1) is 6.85 Å². The molecule has 1 aromatic heterocycles. The van der Waals surface area contributed by atoms with E-state index in [1.807, 2.05) is 24.3 Å². The Kier molecular flexibility index (Phi) is 1.92. The van der Waals surface area contributed by atoms with Crippen molar-refractivity contribution in [3.63, 3.8) is 0 Å². The smallest absolute Gasteiger partial charge is 0.198 e. The molecule has 0 aliphatic heterocycles. The lowest BCUT2D eigenvalue weighted by Gasteiger charge is -2.19. The number of fused-ring (bicyclic) bond motifs is 1. The van der Waals surface area contributed by atoms with Crippen molar-refractivity contribution >= 4 is 22.5 Å². The molecule has 0 unspecified atom stereocenters. The third-order valence-electron chi connectivity index (χ3n) is 3.10. The third kappa shape index (κ3) is 2.55. The Hall–Kier alpha value is -2.22. The molecule has 2 nitrogen and oxygen atoms in total. The first kappa shape index (κ1) is 8.15. The van der Waals surface area contributed by atoms with Gasteiger partial charge >= 0.3 is 0 Å². The van der Waals surface area contributed by atoms with Crippen LogP contribution in [0.25, 0.3) is 11.0 Å². The second-order valence-electron chi connectivity index (χ2n) is 5.71. The van der Waals surface area contributed by atoms with Crippen LogP contribution in [0.4, 0.5) is 11.6 Å². The zero-order valence-corrected chi connectivity index (χ0v) is 11.7. The molecule has 3 aromatic rings. The van der Waals surface area contributed by atoms with Crippen molar-refractivity contribution in [1.29, 1.82) is 0 Å². The van der Waals surface area contributed by atoms with Gasteiger partial charge in [0.25, 0.3) is 0 Å². The summed E-state index contributed by atoms with van der Waals surface area (Å²) >= 11 is 0. The van der Waals surface area contributed by atoms with Crippen LogP contribution in [0.5, 0.6) is 0 Å². The van der Waals surface area contributed by atoms with E-state index >= 15 is 0 Å². The first-order valence-corrected chi connectivity index (χ1v) is 6.48. The molecule has 0 aliphatic rings. The third-order valence-corrected chi connectivity index (χ3v) is 3.10.